The summed E-state index contributed by atoms with van der Waals surface area (Å²) in [5, 5.41) is 3.52. The number of hydrogen-bond acceptors (Lipinski definition) is 2. The Morgan fingerprint density at radius 2 is 2.00 bits per heavy atom. The van der Waals surface area contributed by atoms with Gasteiger partial charge in [-0.25, -0.2) is 0 Å². The lowest BCUT2D eigenvalue weighted by molar-refractivity contribution is 0.324. The molecule has 0 aliphatic carbocycles. The summed E-state index contributed by atoms with van der Waals surface area (Å²) in [6.45, 7) is 6.60. The van der Waals surface area contributed by atoms with Crippen molar-refractivity contribution in [3.8, 4) is 0 Å². The van der Waals surface area contributed by atoms with Crippen LogP contribution in [0.2, 0.25) is 0 Å². The topological polar surface area (TPSA) is 15.3 Å². The third-order valence-electron chi connectivity index (χ3n) is 3.22. The molecule has 0 saturated carbocycles. The van der Waals surface area contributed by atoms with Crippen LogP contribution in [0.25, 0.3) is 0 Å². The molecule has 0 unspecified atom stereocenters. The van der Waals surface area contributed by atoms with Crippen molar-refractivity contribution in [2.45, 2.75) is 39.2 Å². The molecule has 1 aromatic rings. The summed E-state index contributed by atoms with van der Waals surface area (Å²) in [6.07, 6.45) is 5.35. The Hall–Kier alpha value is -0.380. The van der Waals surface area contributed by atoms with Crippen molar-refractivity contribution >= 4 is 15.9 Å². The Kier molecular flexibility index (Phi) is 9.14. The largest absolute Gasteiger partial charge is 0.315 e. The molecule has 1 N–H and O–H groups in total. The Morgan fingerprint density at radius 1 is 1.16 bits per heavy atom. The molecule has 0 saturated heterocycles. The van der Waals surface area contributed by atoms with E-state index < -0.39 is 0 Å². The lowest BCUT2D eigenvalue weighted by atomic mass is 10.2. The number of benzene rings is 1. The predicted octanol–water partition coefficient (Wildman–Crippen LogP) is 4.05. The summed E-state index contributed by atoms with van der Waals surface area (Å²) in [7, 11) is 2.18. The zero-order valence-corrected chi connectivity index (χ0v) is 13.9. The van der Waals surface area contributed by atoms with Gasteiger partial charge in [0.25, 0.3) is 0 Å². The maximum atomic E-state index is 3.52. The molecule has 0 atom stereocenters. The van der Waals surface area contributed by atoms with Crippen LogP contribution in [-0.2, 0) is 6.54 Å². The van der Waals surface area contributed by atoms with Crippen molar-refractivity contribution in [3.63, 3.8) is 0 Å². The first-order valence-corrected chi connectivity index (χ1v) is 8.15. The van der Waals surface area contributed by atoms with E-state index in [1.165, 1.54) is 31.2 Å². The van der Waals surface area contributed by atoms with Gasteiger partial charge in [0.15, 0.2) is 0 Å². The Bertz CT molecular complexity index is 341. The third-order valence-corrected chi connectivity index (χ3v) is 3.71. The summed E-state index contributed by atoms with van der Waals surface area (Å²) in [5.41, 5.74) is 1.36. The number of unbranched alkanes of at least 4 members (excludes halogenated alkanes) is 3. The zero-order valence-electron chi connectivity index (χ0n) is 12.3. The van der Waals surface area contributed by atoms with Gasteiger partial charge in [-0.05, 0) is 37.7 Å². The molecule has 3 heteroatoms. The number of likely N-dealkylation sites (N-methyl/N-ethyl adjacent to an activating group) is 1. The van der Waals surface area contributed by atoms with Crippen LogP contribution >= 0.6 is 15.9 Å². The van der Waals surface area contributed by atoms with E-state index in [1.54, 1.807) is 0 Å². The van der Waals surface area contributed by atoms with Gasteiger partial charge >= 0.3 is 0 Å². The number of halogens is 1. The Balaban J connectivity index is 2.06. The van der Waals surface area contributed by atoms with E-state index in [4.69, 9.17) is 0 Å². The highest BCUT2D eigenvalue weighted by atomic mass is 79.9. The van der Waals surface area contributed by atoms with Crippen molar-refractivity contribution in [2.24, 2.45) is 0 Å². The first-order chi connectivity index (χ1) is 9.22. The van der Waals surface area contributed by atoms with Crippen molar-refractivity contribution in [1.29, 1.82) is 0 Å². The lowest BCUT2D eigenvalue weighted by Crippen LogP contribution is -2.29. The third kappa shape index (κ3) is 8.40. The molecular weight excluding hydrogens is 300 g/mol. The number of hydrogen-bond donors (Lipinski definition) is 1. The van der Waals surface area contributed by atoms with E-state index in [9.17, 15) is 0 Å². The molecule has 1 aromatic carbocycles. The van der Waals surface area contributed by atoms with Gasteiger partial charge in [-0.2, -0.15) is 0 Å². The molecule has 0 aliphatic heterocycles. The monoisotopic (exact) mass is 326 g/mol. The highest BCUT2D eigenvalue weighted by Gasteiger charge is 2.00. The maximum Gasteiger partial charge on any atom is 0.0231 e. The molecule has 0 heterocycles. The summed E-state index contributed by atoms with van der Waals surface area (Å²) < 4.78 is 1.16. The van der Waals surface area contributed by atoms with Crippen LogP contribution in [0.15, 0.2) is 28.7 Å². The molecule has 1 rings (SSSR count). The zero-order chi connectivity index (χ0) is 13.9. The fraction of sp³-hybridized carbons (Fsp3) is 0.625. The molecule has 2 nitrogen and oxygen atoms in total. The van der Waals surface area contributed by atoms with Gasteiger partial charge in [0, 0.05) is 24.1 Å². The highest BCUT2D eigenvalue weighted by molar-refractivity contribution is 9.10. The van der Waals surface area contributed by atoms with Gasteiger partial charge in [0.2, 0.25) is 0 Å². The molecule has 0 spiro atoms. The van der Waals surface area contributed by atoms with E-state index >= 15 is 0 Å². The SMILES string of the molecule is CCCCCCNCCN(C)Cc1cccc(Br)c1. The highest BCUT2D eigenvalue weighted by Crippen LogP contribution is 2.12. The molecular formula is C16H27BrN2. The quantitative estimate of drug-likeness (QED) is 0.652. The van der Waals surface area contributed by atoms with E-state index in [1.807, 2.05) is 0 Å². The summed E-state index contributed by atoms with van der Waals surface area (Å²) in [6, 6.07) is 8.54. The van der Waals surface area contributed by atoms with Gasteiger partial charge < -0.3 is 10.2 Å². The fourth-order valence-corrected chi connectivity index (χ4v) is 2.54. The van der Waals surface area contributed by atoms with Gasteiger partial charge in [0.05, 0.1) is 0 Å². The van der Waals surface area contributed by atoms with E-state index in [0.29, 0.717) is 0 Å². The molecule has 0 fully saturated rings. The molecule has 0 amide bonds. The molecule has 0 bridgehead atoms. The van der Waals surface area contributed by atoms with E-state index in [0.717, 1.165) is 30.7 Å². The van der Waals surface area contributed by atoms with Crippen LogP contribution in [0, 0.1) is 0 Å². The number of nitrogens with zero attached hydrogens (tertiary/aromatic N) is 1. The van der Waals surface area contributed by atoms with E-state index in [2.05, 4.69) is 64.4 Å². The minimum atomic E-state index is 1.01. The van der Waals surface area contributed by atoms with Crippen molar-refractivity contribution < 1.29 is 0 Å². The molecule has 0 aromatic heterocycles. The van der Waals surface area contributed by atoms with Crippen LogP contribution < -0.4 is 5.32 Å². The number of rotatable bonds is 10. The van der Waals surface area contributed by atoms with Gasteiger partial charge in [-0.3, -0.25) is 0 Å². The molecule has 0 radical (unpaired) electrons. The second-order valence-electron chi connectivity index (χ2n) is 5.18. The first-order valence-electron chi connectivity index (χ1n) is 7.36. The lowest BCUT2D eigenvalue weighted by Gasteiger charge is -2.17. The fourth-order valence-electron chi connectivity index (χ4n) is 2.10. The van der Waals surface area contributed by atoms with Crippen molar-refractivity contribution in [1.82, 2.24) is 10.2 Å². The average Bonchev–Trinajstić information content (AvgIpc) is 2.37. The van der Waals surface area contributed by atoms with Crippen LogP contribution in [0.3, 0.4) is 0 Å². The summed E-state index contributed by atoms with van der Waals surface area (Å²) in [5.74, 6) is 0. The average molecular weight is 327 g/mol. The first kappa shape index (κ1) is 16.7. The van der Waals surface area contributed by atoms with Crippen LogP contribution in [0.4, 0.5) is 0 Å². The van der Waals surface area contributed by atoms with Gasteiger partial charge in [0.1, 0.15) is 0 Å². The molecule has 0 aliphatic rings. The van der Waals surface area contributed by atoms with E-state index in [-0.39, 0.29) is 0 Å². The Labute approximate surface area is 126 Å². The van der Waals surface area contributed by atoms with Crippen LogP contribution in [0.1, 0.15) is 38.2 Å². The van der Waals surface area contributed by atoms with Gasteiger partial charge in [-0.1, -0.05) is 54.2 Å². The second kappa shape index (κ2) is 10.4. The standard InChI is InChI=1S/C16H27BrN2/c1-3-4-5-6-10-18-11-12-19(2)14-15-8-7-9-16(17)13-15/h7-9,13,18H,3-6,10-12,14H2,1-2H3. The minimum Gasteiger partial charge on any atom is -0.315 e. The van der Waals surface area contributed by atoms with Crippen molar-refractivity contribution in [2.75, 3.05) is 26.7 Å². The maximum absolute atomic E-state index is 3.52. The smallest absolute Gasteiger partial charge is 0.0231 e. The summed E-state index contributed by atoms with van der Waals surface area (Å²) >= 11 is 3.51. The summed E-state index contributed by atoms with van der Waals surface area (Å²) in [4.78, 5) is 2.36. The van der Waals surface area contributed by atoms with Crippen LogP contribution in [0.5, 0.6) is 0 Å². The predicted molar refractivity (Wildman–Crippen MR) is 87.5 cm³/mol. The molecule has 108 valence electrons. The normalized spacial score (nSPS) is 11.2. The van der Waals surface area contributed by atoms with Gasteiger partial charge in [-0.15, -0.1) is 0 Å². The Morgan fingerprint density at radius 3 is 2.74 bits per heavy atom. The van der Waals surface area contributed by atoms with Crippen molar-refractivity contribution in [3.05, 3.63) is 34.3 Å². The minimum absolute atomic E-state index is 1.01. The second-order valence-corrected chi connectivity index (χ2v) is 6.09. The molecule has 19 heavy (non-hydrogen) atoms. The number of nitrogens with one attached hydrogen (secondary N) is 1. The van der Waals surface area contributed by atoms with Crippen LogP contribution in [-0.4, -0.2) is 31.6 Å².